The minimum Gasteiger partial charge on any atom is -0.478 e. The van der Waals surface area contributed by atoms with Gasteiger partial charge in [0.1, 0.15) is 0 Å². The molecule has 0 aliphatic carbocycles. The molecule has 1 aromatic carbocycles. The van der Waals surface area contributed by atoms with E-state index in [4.69, 9.17) is 16.7 Å². The fourth-order valence-corrected chi connectivity index (χ4v) is 2.27. The van der Waals surface area contributed by atoms with E-state index < -0.39 is 5.97 Å². The van der Waals surface area contributed by atoms with Crippen LogP contribution in [0.2, 0.25) is 5.02 Å². The lowest BCUT2D eigenvalue weighted by molar-refractivity contribution is -0.134. The number of carboxylic acid groups (broad SMARTS) is 1. The molecule has 0 aromatic heterocycles. The summed E-state index contributed by atoms with van der Waals surface area (Å²) in [6, 6.07) is 7.40. The van der Waals surface area contributed by atoms with E-state index in [9.17, 15) is 9.59 Å². The number of halogens is 1. The normalized spacial score (nSPS) is 15.3. The van der Waals surface area contributed by atoms with Gasteiger partial charge in [-0.1, -0.05) is 23.7 Å². The van der Waals surface area contributed by atoms with Gasteiger partial charge in [0.2, 0.25) is 5.91 Å². The highest BCUT2D eigenvalue weighted by Crippen LogP contribution is 2.24. The Hall–Kier alpha value is -1.81. The molecular formula is C14H14ClNO3. The molecule has 0 fully saturated rings. The van der Waals surface area contributed by atoms with E-state index in [1.807, 2.05) is 12.1 Å². The van der Waals surface area contributed by atoms with E-state index in [1.165, 1.54) is 4.90 Å². The summed E-state index contributed by atoms with van der Waals surface area (Å²) < 4.78 is 0. The highest BCUT2D eigenvalue weighted by atomic mass is 35.5. The second-order valence-electron chi connectivity index (χ2n) is 4.47. The number of carbonyl (C=O) groups is 2. The molecule has 4 nitrogen and oxygen atoms in total. The van der Waals surface area contributed by atoms with Crippen molar-refractivity contribution in [2.24, 2.45) is 0 Å². The van der Waals surface area contributed by atoms with Crippen molar-refractivity contribution >= 4 is 23.5 Å². The van der Waals surface area contributed by atoms with E-state index in [1.54, 1.807) is 19.1 Å². The smallest absolute Gasteiger partial charge is 0.333 e. The van der Waals surface area contributed by atoms with Crippen LogP contribution in [0.4, 0.5) is 0 Å². The van der Waals surface area contributed by atoms with Crippen LogP contribution in [-0.2, 0) is 16.0 Å². The second kappa shape index (κ2) is 5.45. The topological polar surface area (TPSA) is 57.6 Å². The molecule has 0 saturated carbocycles. The van der Waals surface area contributed by atoms with E-state index in [-0.39, 0.29) is 17.9 Å². The summed E-state index contributed by atoms with van der Waals surface area (Å²) >= 11 is 5.80. The molecule has 100 valence electrons. The number of rotatable bonds is 4. The summed E-state index contributed by atoms with van der Waals surface area (Å²) in [6.07, 6.45) is 0.662. The van der Waals surface area contributed by atoms with Crippen molar-refractivity contribution in [3.8, 4) is 0 Å². The number of hydrogen-bond donors (Lipinski definition) is 1. The minimum absolute atomic E-state index is 0.0121. The molecule has 0 spiro atoms. The summed E-state index contributed by atoms with van der Waals surface area (Å²) in [7, 11) is 0. The predicted molar refractivity (Wildman–Crippen MR) is 71.8 cm³/mol. The standard InChI is InChI=1S/C14H14ClNO3/c1-9-12(14(18)19)8-13(17)16(9)7-6-10-2-4-11(15)5-3-10/h2-5H,6-8H2,1H3,(H,18,19). The molecule has 19 heavy (non-hydrogen) atoms. The Bertz CT molecular complexity index is 548. The van der Waals surface area contributed by atoms with Crippen LogP contribution in [0.5, 0.6) is 0 Å². The molecule has 0 atom stereocenters. The lowest BCUT2D eigenvalue weighted by atomic mass is 10.1. The third-order valence-corrected chi connectivity index (χ3v) is 3.52. The van der Waals surface area contributed by atoms with Gasteiger partial charge in [-0.3, -0.25) is 4.79 Å². The second-order valence-corrected chi connectivity index (χ2v) is 4.90. The van der Waals surface area contributed by atoms with E-state index >= 15 is 0 Å². The van der Waals surface area contributed by atoms with Gasteiger partial charge in [-0.05, 0) is 31.0 Å². The summed E-state index contributed by atoms with van der Waals surface area (Å²) in [6.45, 7) is 2.17. The molecule has 0 radical (unpaired) electrons. The molecule has 0 unspecified atom stereocenters. The van der Waals surface area contributed by atoms with Crippen molar-refractivity contribution in [2.45, 2.75) is 19.8 Å². The Balaban J connectivity index is 2.05. The zero-order chi connectivity index (χ0) is 14.0. The van der Waals surface area contributed by atoms with Gasteiger partial charge in [-0.2, -0.15) is 0 Å². The monoisotopic (exact) mass is 279 g/mol. The highest BCUT2D eigenvalue weighted by molar-refractivity contribution is 6.30. The van der Waals surface area contributed by atoms with Gasteiger partial charge in [-0.15, -0.1) is 0 Å². The number of amides is 1. The van der Waals surface area contributed by atoms with Gasteiger partial charge in [-0.25, -0.2) is 4.79 Å². The maximum atomic E-state index is 11.8. The molecule has 0 saturated heterocycles. The number of allylic oxidation sites excluding steroid dienone is 1. The first kappa shape index (κ1) is 13.6. The lowest BCUT2D eigenvalue weighted by Gasteiger charge is -2.17. The summed E-state index contributed by atoms with van der Waals surface area (Å²) in [5.41, 5.74) is 1.81. The third kappa shape index (κ3) is 2.96. The van der Waals surface area contributed by atoms with Crippen molar-refractivity contribution in [1.82, 2.24) is 4.90 Å². The minimum atomic E-state index is -1.01. The third-order valence-electron chi connectivity index (χ3n) is 3.27. The number of benzene rings is 1. The molecule has 5 heteroatoms. The van der Waals surface area contributed by atoms with Crippen molar-refractivity contribution in [3.05, 3.63) is 46.1 Å². The Morgan fingerprint density at radius 2 is 2.00 bits per heavy atom. The average molecular weight is 280 g/mol. The van der Waals surface area contributed by atoms with Crippen molar-refractivity contribution in [1.29, 1.82) is 0 Å². The first-order valence-corrected chi connectivity index (χ1v) is 6.34. The molecule has 1 heterocycles. The van der Waals surface area contributed by atoms with Crippen molar-refractivity contribution < 1.29 is 14.7 Å². The van der Waals surface area contributed by atoms with Crippen LogP contribution < -0.4 is 0 Å². The summed E-state index contributed by atoms with van der Waals surface area (Å²) in [4.78, 5) is 24.3. The Kier molecular flexibility index (Phi) is 3.90. The van der Waals surface area contributed by atoms with E-state index in [0.29, 0.717) is 23.7 Å². The first-order chi connectivity index (χ1) is 8.99. The fourth-order valence-electron chi connectivity index (χ4n) is 2.14. The lowest BCUT2D eigenvalue weighted by Crippen LogP contribution is -2.26. The zero-order valence-corrected chi connectivity index (χ0v) is 11.3. The van der Waals surface area contributed by atoms with Gasteiger partial charge in [0.05, 0.1) is 12.0 Å². The first-order valence-electron chi connectivity index (χ1n) is 5.97. The molecule has 1 N–H and O–H groups in total. The van der Waals surface area contributed by atoms with Crippen molar-refractivity contribution in [3.63, 3.8) is 0 Å². The molecular weight excluding hydrogens is 266 g/mol. The maximum Gasteiger partial charge on any atom is 0.333 e. The molecule has 0 bridgehead atoms. The predicted octanol–water partition coefficient (Wildman–Crippen LogP) is 2.47. The molecule has 1 amide bonds. The van der Waals surface area contributed by atoms with Gasteiger partial charge in [0, 0.05) is 17.3 Å². The Morgan fingerprint density at radius 1 is 1.37 bits per heavy atom. The van der Waals surface area contributed by atoms with E-state index in [0.717, 1.165) is 5.56 Å². The SMILES string of the molecule is CC1=C(C(=O)O)CC(=O)N1CCc1ccc(Cl)cc1. The Labute approximate surface area is 116 Å². The average Bonchev–Trinajstić information content (AvgIpc) is 2.65. The number of nitrogens with zero attached hydrogens (tertiary/aromatic N) is 1. The maximum absolute atomic E-state index is 11.8. The van der Waals surface area contributed by atoms with Crippen molar-refractivity contribution in [2.75, 3.05) is 6.54 Å². The van der Waals surface area contributed by atoms with Crippen LogP contribution in [-0.4, -0.2) is 28.4 Å². The van der Waals surface area contributed by atoms with Crippen LogP contribution in [0.3, 0.4) is 0 Å². The quantitative estimate of drug-likeness (QED) is 0.921. The van der Waals surface area contributed by atoms with Crippen LogP contribution in [0.15, 0.2) is 35.5 Å². The van der Waals surface area contributed by atoms with Gasteiger partial charge in [0.15, 0.2) is 0 Å². The summed E-state index contributed by atoms with van der Waals surface area (Å²) in [5.74, 6) is -1.16. The largest absolute Gasteiger partial charge is 0.478 e. The van der Waals surface area contributed by atoms with Crippen LogP contribution in [0.1, 0.15) is 18.9 Å². The zero-order valence-electron chi connectivity index (χ0n) is 10.5. The molecule has 1 aliphatic heterocycles. The highest BCUT2D eigenvalue weighted by Gasteiger charge is 2.30. The fraction of sp³-hybridized carbons (Fsp3) is 0.286. The number of carbonyl (C=O) groups excluding carboxylic acids is 1. The van der Waals surface area contributed by atoms with Gasteiger partial charge < -0.3 is 10.0 Å². The van der Waals surface area contributed by atoms with Gasteiger partial charge >= 0.3 is 5.97 Å². The van der Waals surface area contributed by atoms with Crippen LogP contribution in [0.25, 0.3) is 0 Å². The number of carboxylic acids is 1. The Morgan fingerprint density at radius 3 is 2.53 bits per heavy atom. The van der Waals surface area contributed by atoms with Gasteiger partial charge in [0.25, 0.3) is 0 Å². The molecule has 1 aromatic rings. The number of hydrogen-bond acceptors (Lipinski definition) is 2. The van der Waals surface area contributed by atoms with Crippen LogP contribution >= 0.6 is 11.6 Å². The summed E-state index contributed by atoms with van der Waals surface area (Å²) in [5, 5.41) is 9.66. The molecule has 1 aliphatic rings. The number of aliphatic carboxylic acids is 1. The molecule has 2 rings (SSSR count). The van der Waals surface area contributed by atoms with Crippen LogP contribution in [0, 0.1) is 0 Å². The van der Waals surface area contributed by atoms with E-state index in [2.05, 4.69) is 0 Å².